The molecule has 5 atom stereocenters. The first-order valence-electron chi connectivity index (χ1n) is 19.0. The molecular formula is C39H51N5O7S. The molecule has 1 aromatic heterocycles. The predicted molar refractivity (Wildman–Crippen MR) is 198 cm³/mol. The fraction of sp³-hybridized carbons (Fsp3) is 0.590. The SMILES string of the molecule is C=C[C@@H]1C[C@]1(NC(=O)[C@@H]1C[C@@H]2CN1C(=O)[C@@H](C1CCCCC1)NCCCCC/C=C/c1cc3c(nccc3cc1OC)O2)C(=O)NS(=O)(=O)C1CC1. The highest BCUT2D eigenvalue weighted by molar-refractivity contribution is 7.91. The van der Waals surface area contributed by atoms with Crippen molar-refractivity contribution < 1.29 is 32.3 Å². The van der Waals surface area contributed by atoms with Crippen molar-refractivity contribution in [3.05, 3.63) is 48.7 Å². The summed E-state index contributed by atoms with van der Waals surface area (Å²) in [6.45, 7) is 4.67. The molecule has 280 valence electrons. The zero-order chi connectivity index (χ0) is 36.5. The standard InChI is InChI=1S/C39H51N5O7S/c1-3-28-23-39(28,38(47)43-52(48,49)30-15-16-30)42-35(45)32-22-29-24-44(32)37(46)34(25-12-9-7-10-13-25)40-18-11-6-4-5-8-14-27-20-31-26(21-33(27)50-2)17-19-41-36(31)51-29/h3,8,14,17,19-21,25,28-30,32,34,40H,1,4-7,9-13,15-16,18,22-24H2,2H3,(H,42,45)(H,43,47)/b14-8+/t28-,29-,32+,34-,39-/m1/s1. The van der Waals surface area contributed by atoms with Gasteiger partial charge < -0.3 is 25.0 Å². The Morgan fingerprint density at radius 3 is 2.63 bits per heavy atom. The number of nitrogens with zero attached hydrogens (tertiary/aromatic N) is 2. The summed E-state index contributed by atoms with van der Waals surface area (Å²) in [6.07, 6.45) is 17.3. The summed E-state index contributed by atoms with van der Waals surface area (Å²) in [6, 6.07) is 4.45. The second kappa shape index (κ2) is 15.2. The average molecular weight is 734 g/mol. The van der Waals surface area contributed by atoms with E-state index in [2.05, 4.69) is 39.1 Å². The normalized spacial score (nSPS) is 29.4. The van der Waals surface area contributed by atoms with Crippen LogP contribution in [0.25, 0.3) is 16.8 Å². The first-order chi connectivity index (χ1) is 25.1. The quantitative estimate of drug-likeness (QED) is 0.335. The molecule has 4 bridgehead atoms. The van der Waals surface area contributed by atoms with E-state index in [1.54, 1.807) is 24.3 Å². The van der Waals surface area contributed by atoms with E-state index < -0.39 is 56.7 Å². The van der Waals surface area contributed by atoms with E-state index in [1.165, 1.54) is 0 Å². The monoisotopic (exact) mass is 733 g/mol. The molecule has 1 saturated heterocycles. The third-order valence-corrected chi connectivity index (χ3v) is 13.4. The van der Waals surface area contributed by atoms with Crippen molar-refractivity contribution in [1.82, 2.24) is 25.2 Å². The van der Waals surface area contributed by atoms with E-state index in [9.17, 15) is 22.8 Å². The van der Waals surface area contributed by atoms with Crippen LogP contribution in [0.4, 0.5) is 0 Å². The Morgan fingerprint density at radius 2 is 1.90 bits per heavy atom. The number of benzene rings is 1. The lowest BCUT2D eigenvalue weighted by Gasteiger charge is -2.35. The Morgan fingerprint density at radius 1 is 1.12 bits per heavy atom. The molecule has 3 amide bonds. The number of aromatic nitrogens is 1. The highest BCUT2D eigenvalue weighted by Crippen LogP contribution is 2.46. The molecule has 52 heavy (non-hydrogen) atoms. The van der Waals surface area contributed by atoms with Crippen molar-refractivity contribution in [2.45, 2.75) is 112 Å². The molecule has 3 N–H and O–H groups in total. The Balaban J connectivity index is 1.21. The lowest BCUT2D eigenvalue weighted by atomic mass is 9.83. The van der Waals surface area contributed by atoms with Crippen molar-refractivity contribution in [2.75, 3.05) is 20.2 Å². The Hall–Kier alpha value is -3.97. The first-order valence-corrected chi connectivity index (χ1v) is 20.5. The number of rotatable bonds is 8. The molecule has 7 rings (SSSR count). The van der Waals surface area contributed by atoms with E-state index >= 15 is 0 Å². The van der Waals surface area contributed by atoms with E-state index in [-0.39, 0.29) is 31.2 Å². The fourth-order valence-electron chi connectivity index (χ4n) is 8.28. The molecule has 5 aliphatic rings. The van der Waals surface area contributed by atoms with Crippen molar-refractivity contribution in [3.8, 4) is 11.6 Å². The summed E-state index contributed by atoms with van der Waals surface area (Å²) in [4.78, 5) is 48.9. The minimum atomic E-state index is -3.84. The number of amides is 3. The van der Waals surface area contributed by atoms with Crippen molar-refractivity contribution >= 4 is 44.6 Å². The molecule has 12 nitrogen and oxygen atoms in total. The van der Waals surface area contributed by atoms with E-state index in [1.807, 2.05) is 18.2 Å². The molecular weight excluding hydrogens is 683 g/mol. The maximum absolute atomic E-state index is 14.7. The Labute approximate surface area is 306 Å². The summed E-state index contributed by atoms with van der Waals surface area (Å²) in [5.41, 5.74) is -0.554. The number of methoxy groups -OCH3 is 1. The summed E-state index contributed by atoms with van der Waals surface area (Å²) in [7, 11) is -2.19. The van der Waals surface area contributed by atoms with Crippen LogP contribution in [0.15, 0.2) is 43.1 Å². The van der Waals surface area contributed by atoms with Gasteiger partial charge in [0.25, 0.3) is 5.91 Å². The Kier molecular flexibility index (Phi) is 10.6. The van der Waals surface area contributed by atoms with Gasteiger partial charge in [-0.2, -0.15) is 0 Å². The zero-order valence-corrected chi connectivity index (χ0v) is 30.8. The summed E-state index contributed by atoms with van der Waals surface area (Å²) < 4.78 is 40.0. The minimum absolute atomic E-state index is 0.143. The molecule has 3 heterocycles. The van der Waals surface area contributed by atoms with Crippen LogP contribution in [0, 0.1) is 11.8 Å². The number of hydrogen-bond acceptors (Lipinski definition) is 9. The van der Waals surface area contributed by atoms with Crippen LogP contribution in [-0.4, -0.2) is 85.2 Å². The first kappa shape index (κ1) is 36.4. The molecule has 4 fully saturated rings. The van der Waals surface area contributed by atoms with Crippen LogP contribution >= 0.6 is 0 Å². The third kappa shape index (κ3) is 7.57. The molecule has 0 unspecified atom stereocenters. The van der Waals surface area contributed by atoms with Gasteiger partial charge in [0.1, 0.15) is 23.4 Å². The molecule has 2 aromatic rings. The molecule has 0 spiro atoms. The van der Waals surface area contributed by atoms with Gasteiger partial charge in [0.05, 0.1) is 24.9 Å². The molecule has 1 aromatic carbocycles. The lowest BCUT2D eigenvalue weighted by molar-refractivity contribution is -0.142. The van der Waals surface area contributed by atoms with Crippen LogP contribution in [0.3, 0.4) is 0 Å². The molecule has 0 radical (unpaired) electrons. The smallest absolute Gasteiger partial charge is 0.259 e. The number of nitrogens with one attached hydrogen (secondary N) is 3. The van der Waals surface area contributed by atoms with E-state index in [0.29, 0.717) is 25.3 Å². The van der Waals surface area contributed by atoms with Gasteiger partial charge in [-0.1, -0.05) is 43.9 Å². The van der Waals surface area contributed by atoms with Crippen molar-refractivity contribution in [1.29, 1.82) is 0 Å². The summed E-state index contributed by atoms with van der Waals surface area (Å²) in [5, 5.41) is 7.59. The van der Waals surface area contributed by atoms with Crippen LogP contribution in [0.5, 0.6) is 11.6 Å². The second-order valence-electron chi connectivity index (χ2n) is 15.2. The maximum atomic E-state index is 14.7. The van der Waals surface area contributed by atoms with Gasteiger partial charge in [-0.15, -0.1) is 6.58 Å². The third-order valence-electron chi connectivity index (χ3n) is 11.6. The average Bonchev–Trinajstić information content (AvgIpc) is 4.07. The number of sulfonamides is 1. The van der Waals surface area contributed by atoms with E-state index in [4.69, 9.17) is 9.47 Å². The summed E-state index contributed by atoms with van der Waals surface area (Å²) in [5.74, 6) is -0.589. The van der Waals surface area contributed by atoms with Gasteiger partial charge in [-0.3, -0.25) is 19.1 Å². The number of carbonyl (C=O) groups excluding carboxylic acids is 3. The number of allylic oxidation sites excluding steroid dienone is 1. The molecule has 13 heteroatoms. The van der Waals surface area contributed by atoms with Crippen molar-refractivity contribution in [3.63, 3.8) is 0 Å². The lowest BCUT2D eigenvalue weighted by Crippen LogP contribution is -2.59. The van der Waals surface area contributed by atoms with Gasteiger partial charge >= 0.3 is 0 Å². The number of fused-ring (bicyclic) bond motifs is 3. The Bertz CT molecular complexity index is 1840. The van der Waals surface area contributed by atoms with E-state index in [0.717, 1.165) is 79.9 Å². The number of hydrogen-bond donors (Lipinski definition) is 3. The topological polar surface area (TPSA) is 156 Å². The molecule has 2 aliphatic heterocycles. The van der Waals surface area contributed by atoms with Crippen LogP contribution in [0.1, 0.15) is 89.0 Å². The van der Waals surface area contributed by atoms with Gasteiger partial charge in [-0.25, -0.2) is 13.4 Å². The number of ether oxygens (including phenoxy) is 2. The molecule has 3 aliphatic carbocycles. The van der Waals surface area contributed by atoms with Gasteiger partial charge in [0, 0.05) is 29.5 Å². The predicted octanol–water partition coefficient (Wildman–Crippen LogP) is 4.39. The number of pyridine rings is 1. The van der Waals surface area contributed by atoms with Crippen LogP contribution < -0.4 is 24.8 Å². The van der Waals surface area contributed by atoms with Gasteiger partial charge in [-0.05, 0) is 87.4 Å². The highest BCUT2D eigenvalue weighted by Gasteiger charge is 2.62. The van der Waals surface area contributed by atoms with Crippen molar-refractivity contribution in [2.24, 2.45) is 11.8 Å². The zero-order valence-electron chi connectivity index (χ0n) is 30.0. The largest absolute Gasteiger partial charge is 0.496 e. The molecule has 3 saturated carbocycles. The van der Waals surface area contributed by atoms with Crippen LogP contribution in [0.2, 0.25) is 0 Å². The minimum Gasteiger partial charge on any atom is -0.496 e. The second-order valence-corrected chi connectivity index (χ2v) is 17.1. The number of carbonyl (C=O) groups is 3. The maximum Gasteiger partial charge on any atom is 0.259 e. The van der Waals surface area contributed by atoms with Crippen LogP contribution in [-0.2, 0) is 24.4 Å². The van der Waals surface area contributed by atoms with Gasteiger partial charge in [0.15, 0.2) is 0 Å². The van der Waals surface area contributed by atoms with Gasteiger partial charge in [0.2, 0.25) is 27.7 Å². The summed E-state index contributed by atoms with van der Waals surface area (Å²) >= 11 is 0. The fourth-order valence-corrected chi connectivity index (χ4v) is 9.64. The highest BCUT2D eigenvalue weighted by atomic mass is 32.2.